The SMILES string of the molecule is Cn1ccc(C(=O)N2C[C@@H]3CC[C@H](C2)N(Cc2ccccc2)C3)n1. The van der Waals surface area contributed by atoms with E-state index in [4.69, 9.17) is 0 Å². The van der Waals surface area contributed by atoms with Crippen LogP contribution in [-0.4, -0.2) is 51.2 Å². The molecule has 1 aromatic heterocycles. The number of amides is 1. The van der Waals surface area contributed by atoms with Gasteiger partial charge < -0.3 is 4.90 Å². The Morgan fingerprint density at radius 2 is 1.96 bits per heavy atom. The summed E-state index contributed by atoms with van der Waals surface area (Å²) in [5.74, 6) is 0.647. The molecule has 0 radical (unpaired) electrons. The van der Waals surface area contributed by atoms with Gasteiger partial charge in [0.05, 0.1) is 0 Å². The second-order valence-electron chi connectivity index (χ2n) is 7.10. The molecule has 3 saturated heterocycles. The number of aromatic nitrogens is 2. The number of hydrogen-bond donors (Lipinski definition) is 0. The van der Waals surface area contributed by atoms with Crippen LogP contribution in [-0.2, 0) is 13.6 Å². The second-order valence-corrected chi connectivity index (χ2v) is 7.10. The first-order valence-corrected chi connectivity index (χ1v) is 8.76. The third-order valence-corrected chi connectivity index (χ3v) is 5.28. The molecule has 0 aliphatic carbocycles. The van der Waals surface area contributed by atoms with Crippen LogP contribution in [0.5, 0.6) is 0 Å². The molecular weight excluding hydrogens is 300 g/mol. The smallest absolute Gasteiger partial charge is 0.274 e. The van der Waals surface area contributed by atoms with Crippen LogP contribution in [0.4, 0.5) is 0 Å². The molecule has 4 heterocycles. The molecule has 2 atom stereocenters. The third-order valence-electron chi connectivity index (χ3n) is 5.28. The van der Waals surface area contributed by atoms with Crippen molar-refractivity contribution in [1.82, 2.24) is 19.6 Å². The highest BCUT2D eigenvalue weighted by Crippen LogP contribution is 2.29. The van der Waals surface area contributed by atoms with Crippen LogP contribution in [0.3, 0.4) is 0 Å². The number of carbonyl (C=O) groups excluding carboxylic acids is 1. The summed E-state index contributed by atoms with van der Waals surface area (Å²) < 4.78 is 1.70. The molecule has 5 heteroatoms. The Morgan fingerprint density at radius 3 is 2.71 bits per heavy atom. The molecule has 1 aromatic carbocycles. The van der Waals surface area contributed by atoms with Crippen molar-refractivity contribution >= 4 is 5.91 Å². The standard InChI is InChI=1S/C19H24N4O/c1-21-10-9-18(20-21)19(24)23-13-16-7-8-17(14-23)22(12-16)11-15-5-3-2-4-6-15/h2-6,9-10,16-17H,7-8,11-14H2,1H3/t16-,17-/m1/s1. The van der Waals surface area contributed by atoms with Crippen molar-refractivity contribution in [2.45, 2.75) is 25.4 Å². The number of piperidine rings is 1. The van der Waals surface area contributed by atoms with Crippen molar-refractivity contribution in [3.63, 3.8) is 0 Å². The Bertz CT molecular complexity index is 711. The number of hydrogen-bond acceptors (Lipinski definition) is 3. The number of rotatable bonds is 3. The fraction of sp³-hybridized carbons (Fsp3) is 0.474. The Balaban J connectivity index is 1.49. The van der Waals surface area contributed by atoms with Crippen LogP contribution in [0.1, 0.15) is 28.9 Å². The lowest BCUT2D eigenvalue weighted by molar-refractivity contribution is 0.0729. The average molecular weight is 324 g/mol. The molecule has 1 amide bonds. The van der Waals surface area contributed by atoms with Crippen molar-refractivity contribution in [2.24, 2.45) is 13.0 Å². The van der Waals surface area contributed by atoms with Crippen LogP contribution in [0.15, 0.2) is 42.6 Å². The number of nitrogens with zero attached hydrogens (tertiary/aromatic N) is 4. The monoisotopic (exact) mass is 324 g/mol. The molecule has 3 fully saturated rings. The van der Waals surface area contributed by atoms with Crippen molar-refractivity contribution in [1.29, 1.82) is 0 Å². The molecule has 0 spiro atoms. The zero-order valence-corrected chi connectivity index (χ0v) is 14.1. The van der Waals surface area contributed by atoms with E-state index in [0.717, 1.165) is 26.2 Å². The van der Waals surface area contributed by atoms with E-state index >= 15 is 0 Å². The van der Waals surface area contributed by atoms with E-state index in [0.29, 0.717) is 17.7 Å². The van der Waals surface area contributed by atoms with Crippen LogP contribution in [0, 0.1) is 5.92 Å². The Kier molecular flexibility index (Phi) is 4.10. The minimum Gasteiger partial charge on any atom is -0.335 e. The highest BCUT2D eigenvalue weighted by molar-refractivity contribution is 5.92. The second kappa shape index (κ2) is 6.40. The van der Waals surface area contributed by atoms with E-state index in [1.165, 1.54) is 18.4 Å². The van der Waals surface area contributed by atoms with Gasteiger partial charge in [0.1, 0.15) is 5.69 Å². The Hall–Kier alpha value is -2.14. The van der Waals surface area contributed by atoms with Gasteiger partial charge in [0.15, 0.2) is 0 Å². The van der Waals surface area contributed by atoms with Crippen LogP contribution in [0.25, 0.3) is 0 Å². The van der Waals surface area contributed by atoms with Gasteiger partial charge in [0, 0.05) is 45.5 Å². The highest BCUT2D eigenvalue weighted by Gasteiger charge is 2.36. The number of fused-ring (bicyclic) bond motifs is 4. The molecule has 126 valence electrons. The topological polar surface area (TPSA) is 41.4 Å². The molecule has 0 unspecified atom stereocenters. The number of aryl methyl sites for hydroxylation is 1. The normalized spacial score (nSPS) is 24.1. The van der Waals surface area contributed by atoms with Gasteiger partial charge >= 0.3 is 0 Å². The van der Waals surface area contributed by atoms with Gasteiger partial charge in [0.2, 0.25) is 0 Å². The van der Waals surface area contributed by atoms with Gasteiger partial charge in [-0.3, -0.25) is 14.4 Å². The fourth-order valence-electron chi connectivity index (χ4n) is 4.05. The average Bonchev–Trinajstić information content (AvgIpc) is 2.83. The Labute approximate surface area is 142 Å². The first-order valence-electron chi connectivity index (χ1n) is 8.76. The van der Waals surface area contributed by atoms with E-state index in [9.17, 15) is 4.79 Å². The summed E-state index contributed by atoms with van der Waals surface area (Å²) in [6.45, 7) is 3.75. The first-order chi connectivity index (χ1) is 11.7. The quantitative estimate of drug-likeness (QED) is 0.869. The van der Waals surface area contributed by atoms with Crippen molar-refractivity contribution in [2.75, 3.05) is 19.6 Å². The van der Waals surface area contributed by atoms with E-state index in [-0.39, 0.29) is 5.91 Å². The first kappa shape index (κ1) is 15.4. The summed E-state index contributed by atoms with van der Waals surface area (Å²) in [6.07, 6.45) is 4.24. The maximum atomic E-state index is 12.8. The van der Waals surface area contributed by atoms with Gasteiger partial charge in [-0.2, -0.15) is 5.10 Å². The van der Waals surface area contributed by atoms with Gasteiger partial charge in [-0.1, -0.05) is 30.3 Å². The molecule has 0 N–H and O–H groups in total. The molecule has 24 heavy (non-hydrogen) atoms. The summed E-state index contributed by atoms with van der Waals surface area (Å²) in [5, 5.41) is 4.29. The van der Waals surface area contributed by atoms with E-state index < -0.39 is 0 Å². The van der Waals surface area contributed by atoms with E-state index in [1.807, 2.05) is 24.2 Å². The van der Waals surface area contributed by atoms with Crippen LogP contribution in [0.2, 0.25) is 0 Å². The minimum absolute atomic E-state index is 0.0778. The van der Waals surface area contributed by atoms with Gasteiger partial charge in [-0.05, 0) is 30.4 Å². The molecular formula is C19H24N4O. The van der Waals surface area contributed by atoms with Crippen molar-refractivity contribution in [3.8, 4) is 0 Å². The van der Waals surface area contributed by atoms with Crippen molar-refractivity contribution < 1.29 is 4.79 Å². The lowest BCUT2D eigenvalue weighted by Gasteiger charge is -2.36. The predicted molar refractivity (Wildman–Crippen MR) is 92.5 cm³/mol. The molecule has 5 rings (SSSR count). The lowest BCUT2D eigenvalue weighted by Crippen LogP contribution is -2.43. The summed E-state index contributed by atoms with van der Waals surface area (Å²) in [7, 11) is 1.85. The van der Waals surface area contributed by atoms with Crippen LogP contribution >= 0.6 is 0 Å². The third kappa shape index (κ3) is 3.08. The van der Waals surface area contributed by atoms with Gasteiger partial charge in [-0.25, -0.2) is 0 Å². The lowest BCUT2D eigenvalue weighted by atomic mass is 9.94. The molecule has 3 aliphatic heterocycles. The van der Waals surface area contributed by atoms with Gasteiger partial charge in [-0.15, -0.1) is 0 Å². The van der Waals surface area contributed by atoms with E-state index in [2.05, 4.69) is 40.3 Å². The zero-order chi connectivity index (χ0) is 16.5. The van der Waals surface area contributed by atoms with E-state index in [1.54, 1.807) is 4.68 Å². The molecule has 2 bridgehead atoms. The number of benzene rings is 1. The fourth-order valence-corrected chi connectivity index (χ4v) is 4.05. The maximum absolute atomic E-state index is 12.8. The highest BCUT2D eigenvalue weighted by atomic mass is 16.2. The van der Waals surface area contributed by atoms with Gasteiger partial charge in [0.25, 0.3) is 5.91 Å². The number of carbonyl (C=O) groups is 1. The molecule has 5 nitrogen and oxygen atoms in total. The predicted octanol–water partition coefficient (Wildman–Crippen LogP) is 2.16. The van der Waals surface area contributed by atoms with Crippen LogP contribution < -0.4 is 0 Å². The summed E-state index contributed by atoms with van der Waals surface area (Å²) in [4.78, 5) is 17.4. The molecule has 0 saturated carbocycles. The molecule has 3 aliphatic rings. The minimum atomic E-state index is 0.0778. The summed E-state index contributed by atoms with van der Waals surface area (Å²) in [6, 6.07) is 12.9. The summed E-state index contributed by atoms with van der Waals surface area (Å²) in [5.41, 5.74) is 1.92. The molecule has 2 aromatic rings. The Morgan fingerprint density at radius 1 is 1.12 bits per heavy atom. The van der Waals surface area contributed by atoms with Crippen molar-refractivity contribution in [3.05, 3.63) is 53.9 Å². The summed E-state index contributed by atoms with van der Waals surface area (Å²) >= 11 is 0. The maximum Gasteiger partial charge on any atom is 0.274 e. The largest absolute Gasteiger partial charge is 0.335 e. The zero-order valence-electron chi connectivity index (χ0n) is 14.1.